The fourth-order valence-corrected chi connectivity index (χ4v) is 5.32. The zero-order chi connectivity index (χ0) is 23.8. The summed E-state index contributed by atoms with van der Waals surface area (Å²) >= 11 is 1.43. The topological polar surface area (TPSA) is 66.8 Å². The highest BCUT2D eigenvalue weighted by molar-refractivity contribution is 7.12. The predicted octanol–water partition coefficient (Wildman–Crippen LogP) is 6.45. The Morgan fingerprint density at radius 1 is 1.18 bits per heavy atom. The van der Waals surface area contributed by atoms with Gasteiger partial charge in [0.05, 0.1) is 12.2 Å². The quantitative estimate of drug-likeness (QED) is 0.285. The molecule has 1 aliphatic rings. The molecule has 2 aromatic rings. The van der Waals surface area contributed by atoms with Gasteiger partial charge in [-0.15, -0.1) is 11.3 Å². The van der Waals surface area contributed by atoms with Gasteiger partial charge < -0.3 is 14.7 Å². The summed E-state index contributed by atoms with van der Waals surface area (Å²) in [6, 6.07) is 10.0. The molecule has 1 saturated heterocycles. The van der Waals surface area contributed by atoms with E-state index >= 15 is 0 Å². The van der Waals surface area contributed by atoms with Crippen molar-refractivity contribution in [1.82, 2.24) is 0 Å². The largest absolute Gasteiger partial charge is 0.459 e. The lowest BCUT2D eigenvalue weighted by atomic mass is 10.0. The molecule has 33 heavy (non-hydrogen) atoms. The molecule has 0 bridgehead atoms. The van der Waals surface area contributed by atoms with E-state index < -0.39 is 6.10 Å². The first-order chi connectivity index (χ1) is 15.9. The van der Waals surface area contributed by atoms with Crippen molar-refractivity contribution < 1.29 is 19.4 Å². The minimum Gasteiger partial charge on any atom is -0.459 e. The first kappa shape index (κ1) is 25.4. The van der Waals surface area contributed by atoms with Crippen LogP contribution in [0, 0.1) is 0 Å². The predicted molar refractivity (Wildman–Crippen MR) is 134 cm³/mol. The van der Waals surface area contributed by atoms with Crippen molar-refractivity contribution in [2.45, 2.75) is 96.8 Å². The maximum absolute atomic E-state index is 12.6. The van der Waals surface area contributed by atoms with Gasteiger partial charge in [0.2, 0.25) is 5.91 Å². The number of aliphatic hydroxyl groups excluding tert-OH is 1. The Morgan fingerprint density at radius 2 is 1.94 bits per heavy atom. The second kappa shape index (κ2) is 12.3. The molecule has 0 spiro atoms. The van der Waals surface area contributed by atoms with Gasteiger partial charge in [0, 0.05) is 18.2 Å². The smallest absolute Gasteiger partial charge is 0.348 e. The molecule has 2 heterocycles. The second-order valence-corrected chi connectivity index (χ2v) is 10.1. The van der Waals surface area contributed by atoms with E-state index in [-0.39, 0.29) is 24.0 Å². The Hall–Kier alpha value is -2.18. The summed E-state index contributed by atoms with van der Waals surface area (Å²) in [5.41, 5.74) is 2.85. The van der Waals surface area contributed by atoms with E-state index in [1.165, 1.54) is 11.3 Å². The van der Waals surface area contributed by atoms with Crippen molar-refractivity contribution in [1.29, 1.82) is 0 Å². The molecule has 6 heteroatoms. The molecule has 0 saturated carbocycles. The maximum atomic E-state index is 12.6. The lowest BCUT2D eigenvalue weighted by molar-refractivity contribution is -0.117. The summed E-state index contributed by atoms with van der Waals surface area (Å²) in [7, 11) is 0. The van der Waals surface area contributed by atoms with Gasteiger partial charge in [-0.2, -0.15) is 0 Å². The number of amides is 1. The minimum absolute atomic E-state index is 0.130. The third-order valence-corrected chi connectivity index (χ3v) is 7.16. The molecule has 180 valence electrons. The highest BCUT2D eigenvalue weighted by Gasteiger charge is 2.31. The van der Waals surface area contributed by atoms with Crippen LogP contribution in [-0.4, -0.2) is 29.1 Å². The third-order valence-electron chi connectivity index (χ3n) is 6.22. The molecular formula is C27H37NO4S. The van der Waals surface area contributed by atoms with Crippen molar-refractivity contribution in [3.63, 3.8) is 0 Å². The summed E-state index contributed by atoms with van der Waals surface area (Å²) in [6.07, 6.45) is 7.50. The van der Waals surface area contributed by atoms with Crippen LogP contribution < -0.4 is 4.90 Å². The van der Waals surface area contributed by atoms with Crippen LogP contribution in [0.2, 0.25) is 0 Å². The summed E-state index contributed by atoms with van der Waals surface area (Å²) < 4.78 is 5.36. The number of rotatable bonds is 12. The van der Waals surface area contributed by atoms with Crippen LogP contribution in [0.3, 0.4) is 0 Å². The van der Waals surface area contributed by atoms with Crippen LogP contribution in [0.5, 0.6) is 0 Å². The summed E-state index contributed by atoms with van der Waals surface area (Å²) in [6.45, 7) is 5.87. The SMILES string of the molecule is CCCCCC(O)c1ccc(N2C(=O)CC[C@@H]2CCCc2ccsc2C(=O)OC(C)C)cc1. The lowest BCUT2D eigenvalue weighted by Crippen LogP contribution is -2.33. The molecular weight excluding hydrogens is 434 g/mol. The molecule has 1 aliphatic heterocycles. The molecule has 3 rings (SSSR count). The van der Waals surface area contributed by atoms with Gasteiger partial charge in [0.15, 0.2) is 0 Å². The minimum atomic E-state index is -0.446. The number of carbonyl (C=O) groups excluding carboxylic acids is 2. The lowest BCUT2D eigenvalue weighted by Gasteiger charge is -2.25. The Morgan fingerprint density at radius 3 is 2.64 bits per heavy atom. The molecule has 1 amide bonds. The van der Waals surface area contributed by atoms with Crippen molar-refractivity contribution in [3.8, 4) is 0 Å². The molecule has 1 unspecified atom stereocenters. The first-order valence-electron chi connectivity index (χ1n) is 12.3. The van der Waals surface area contributed by atoms with Crippen molar-refractivity contribution in [3.05, 3.63) is 51.7 Å². The van der Waals surface area contributed by atoms with Gasteiger partial charge in [0.1, 0.15) is 4.88 Å². The Bertz CT molecular complexity index is 905. The average Bonchev–Trinajstić information content (AvgIpc) is 3.40. The number of nitrogens with zero attached hydrogens (tertiary/aromatic N) is 1. The van der Waals surface area contributed by atoms with E-state index in [9.17, 15) is 14.7 Å². The number of esters is 1. The van der Waals surface area contributed by atoms with Crippen molar-refractivity contribution >= 4 is 28.9 Å². The van der Waals surface area contributed by atoms with Crippen LogP contribution in [0.25, 0.3) is 0 Å². The van der Waals surface area contributed by atoms with E-state index in [4.69, 9.17) is 4.74 Å². The number of aryl methyl sites for hydroxylation is 1. The molecule has 1 fully saturated rings. The summed E-state index contributed by atoms with van der Waals surface area (Å²) in [5, 5.41) is 12.4. The van der Waals surface area contributed by atoms with Crippen LogP contribution in [0.15, 0.2) is 35.7 Å². The number of hydrogen-bond acceptors (Lipinski definition) is 5. The van der Waals surface area contributed by atoms with E-state index in [2.05, 4.69) is 6.92 Å². The second-order valence-electron chi connectivity index (χ2n) is 9.18. The number of ether oxygens (including phenoxy) is 1. The Labute approximate surface area is 201 Å². The Balaban J connectivity index is 1.57. The monoisotopic (exact) mass is 471 g/mol. The molecule has 2 atom stereocenters. The molecule has 1 N–H and O–H groups in total. The van der Waals surface area contributed by atoms with E-state index in [0.717, 1.165) is 68.2 Å². The maximum Gasteiger partial charge on any atom is 0.348 e. The number of unbranched alkanes of at least 4 members (excludes halogenated alkanes) is 2. The van der Waals surface area contributed by atoms with Crippen LogP contribution in [0.1, 0.15) is 99.0 Å². The molecule has 1 aromatic carbocycles. The van der Waals surface area contributed by atoms with Gasteiger partial charge in [-0.05, 0) is 80.7 Å². The van der Waals surface area contributed by atoms with Gasteiger partial charge in [0.25, 0.3) is 0 Å². The zero-order valence-electron chi connectivity index (χ0n) is 20.1. The standard InChI is InChI=1S/C27H37NO4S/c1-4-5-6-10-24(29)20-11-13-23(14-12-20)28-22(15-16-25(28)30)9-7-8-21-17-18-33-26(21)27(31)32-19(2)3/h11-14,17-19,22,24,29H,4-10,15-16H2,1-3H3/t22-,24?/m0/s1. The summed E-state index contributed by atoms with van der Waals surface area (Å²) in [5.74, 6) is -0.0855. The number of anilines is 1. The van der Waals surface area contributed by atoms with Gasteiger partial charge >= 0.3 is 5.97 Å². The number of aliphatic hydroxyl groups is 1. The van der Waals surface area contributed by atoms with Gasteiger partial charge in [-0.1, -0.05) is 38.3 Å². The Kier molecular flexibility index (Phi) is 9.51. The molecule has 5 nitrogen and oxygen atoms in total. The van der Waals surface area contributed by atoms with Gasteiger partial charge in [-0.25, -0.2) is 4.79 Å². The third kappa shape index (κ3) is 6.90. The van der Waals surface area contributed by atoms with E-state index in [1.54, 1.807) is 0 Å². The van der Waals surface area contributed by atoms with E-state index in [0.29, 0.717) is 11.3 Å². The number of carbonyl (C=O) groups is 2. The molecule has 1 aromatic heterocycles. The van der Waals surface area contributed by atoms with Crippen molar-refractivity contribution in [2.75, 3.05) is 4.90 Å². The fraction of sp³-hybridized carbons (Fsp3) is 0.556. The highest BCUT2D eigenvalue weighted by atomic mass is 32.1. The molecule has 0 aliphatic carbocycles. The molecule has 0 radical (unpaired) electrons. The van der Waals surface area contributed by atoms with Crippen LogP contribution in [0.4, 0.5) is 5.69 Å². The first-order valence-corrected chi connectivity index (χ1v) is 13.2. The number of hydrogen-bond donors (Lipinski definition) is 1. The van der Waals surface area contributed by atoms with Crippen LogP contribution >= 0.6 is 11.3 Å². The average molecular weight is 472 g/mol. The zero-order valence-corrected chi connectivity index (χ0v) is 20.9. The van der Waals surface area contributed by atoms with Crippen LogP contribution in [-0.2, 0) is 16.0 Å². The summed E-state index contributed by atoms with van der Waals surface area (Å²) in [4.78, 5) is 27.6. The van der Waals surface area contributed by atoms with E-state index in [1.807, 2.05) is 54.5 Å². The highest BCUT2D eigenvalue weighted by Crippen LogP contribution is 2.31. The normalized spacial score (nSPS) is 17.1. The van der Waals surface area contributed by atoms with Crippen molar-refractivity contribution in [2.24, 2.45) is 0 Å². The fourth-order valence-electron chi connectivity index (χ4n) is 4.49. The number of benzene rings is 1. The van der Waals surface area contributed by atoms with Gasteiger partial charge in [-0.3, -0.25) is 4.79 Å². The number of thiophene rings is 1.